The number of nitrogens with one attached hydrogen (secondary N) is 2. The van der Waals surface area contributed by atoms with E-state index < -0.39 is 17.9 Å². The number of aryl methyl sites for hydroxylation is 1. The fourth-order valence-electron chi connectivity index (χ4n) is 1.63. The summed E-state index contributed by atoms with van der Waals surface area (Å²) in [5, 5.41) is 14.5. The highest BCUT2D eigenvalue weighted by Crippen LogP contribution is 2.20. The van der Waals surface area contributed by atoms with Crippen LogP contribution in [0.15, 0.2) is 22.7 Å². The van der Waals surface area contributed by atoms with Gasteiger partial charge in [-0.25, -0.2) is 0 Å². The number of hydrogen-bond donors (Lipinski definition) is 3. The first kappa shape index (κ1) is 16.7. The summed E-state index contributed by atoms with van der Waals surface area (Å²) >= 11 is 3.31. The summed E-state index contributed by atoms with van der Waals surface area (Å²) in [6, 6.07) is 5.42. The van der Waals surface area contributed by atoms with Gasteiger partial charge in [0, 0.05) is 16.7 Å². The van der Waals surface area contributed by atoms with E-state index in [2.05, 4.69) is 26.6 Å². The average molecular weight is 343 g/mol. The predicted octanol–water partition coefficient (Wildman–Crippen LogP) is 1.97. The molecule has 3 N–H and O–H groups in total. The molecule has 20 heavy (non-hydrogen) atoms. The Morgan fingerprint density at radius 2 is 2.05 bits per heavy atom. The second-order valence-corrected chi connectivity index (χ2v) is 5.48. The van der Waals surface area contributed by atoms with Gasteiger partial charge in [0.25, 0.3) is 0 Å². The molecule has 1 aromatic rings. The van der Waals surface area contributed by atoms with Crippen LogP contribution in [0.1, 0.15) is 25.3 Å². The van der Waals surface area contributed by atoms with Crippen molar-refractivity contribution in [2.45, 2.75) is 32.8 Å². The third-order valence-electron chi connectivity index (χ3n) is 2.77. The summed E-state index contributed by atoms with van der Waals surface area (Å²) in [7, 11) is 0. The Bertz CT molecular complexity index is 491. The number of amides is 2. The maximum atomic E-state index is 11.7. The fraction of sp³-hybridized carbons (Fsp3) is 0.429. The lowest BCUT2D eigenvalue weighted by molar-refractivity contribution is -0.136. The van der Waals surface area contributed by atoms with Crippen LogP contribution in [0.3, 0.4) is 0 Å². The number of benzene rings is 1. The van der Waals surface area contributed by atoms with Crippen LogP contribution in [0.5, 0.6) is 0 Å². The van der Waals surface area contributed by atoms with Crippen molar-refractivity contribution in [2.75, 3.05) is 11.9 Å². The van der Waals surface area contributed by atoms with E-state index in [4.69, 9.17) is 0 Å². The molecule has 110 valence electrons. The standard InChI is InChI=1S/C14H19BrN2O3/c1-3-4-11(18)8-16-13(19)14(20)17-12-7-10(15)6-5-9(12)2/h5-7,11,18H,3-4,8H2,1-2H3,(H,16,19)(H,17,20). The molecule has 0 aliphatic heterocycles. The molecule has 0 fully saturated rings. The van der Waals surface area contributed by atoms with Gasteiger partial charge in [-0.2, -0.15) is 0 Å². The molecule has 0 heterocycles. The van der Waals surface area contributed by atoms with Gasteiger partial charge in [0.05, 0.1) is 6.10 Å². The number of hydrogen-bond acceptors (Lipinski definition) is 3. The van der Waals surface area contributed by atoms with Gasteiger partial charge >= 0.3 is 11.8 Å². The summed E-state index contributed by atoms with van der Waals surface area (Å²) in [6.45, 7) is 3.86. The SMILES string of the molecule is CCCC(O)CNC(=O)C(=O)Nc1cc(Br)ccc1C. The number of anilines is 1. The number of aliphatic hydroxyl groups is 1. The van der Waals surface area contributed by atoms with E-state index in [-0.39, 0.29) is 6.54 Å². The van der Waals surface area contributed by atoms with Crippen LogP contribution in [-0.2, 0) is 9.59 Å². The average Bonchev–Trinajstić information content (AvgIpc) is 2.40. The second-order valence-electron chi connectivity index (χ2n) is 4.57. The smallest absolute Gasteiger partial charge is 0.313 e. The molecule has 6 heteroatoms. The first-order valence-corrected chi connectivity index (χ1v) is 7.26. The first-order chi connectivity index (χ1) is 9.43. The summed E-state index contributed by atoms with van der Waals surface area (Å²) in [5.74, 6) is -1.49. The van der Waals surface area contributed by atoms with Gasteiger partial charge in [0.1, 0.15) is 0 Å². The topological polar surface area (TPSA) is 78.4 Å². The van der Waals surface area contributed by atoms with E-state index in [1.54, 1.807) is 6.07 Å². The lowest BCUT2D eigenvalue weighted by Gasteiger charge is -2.11. The molecule has 1 aromatic carbocycles. The minimum absolute atomic E-state index is 0.0809. The first-order valence-electron chi connectivity index (χ1n) is 6.47. The number of carbonyl (C=O) groups is 2. The Kier molecular flexibility index (Phi) is 6.67. The minimum Gasteiger partial charge on any atom is -0.391 e. The molecule has 1 rings (SSSR count). The van der Waals surface area contributed by atoms with E-state index in [9.17, 15) is 14.7 Å². The number of carbonyl (C=O) groups excluding carboxylic acids is 2. The molecule has 0 saturated carbocycles. The van der Waals surface area contributed by atoms with Crippen LogP contribution >= 0.6 is 15.9 Å². The van der Waals surface area contributed by atoms with Crippen molar-refractivity contribution in [3.63, 3.8) is 0 Å². The second kappa shape index (κ2) is 8.01. The van der Waals surface area contributed by atoms with E-state index in [1.165, 1.54) is 0 Å². The van der Waals surface area contributed by atoms with E-state index in [0.717, 1.165) is 16.5 Å². The zero-order valence-corrected chi connectivity index (χ0v) is 13.2. The highest BCUT2D eigenvalue weighted by molar-refractivity contribution is 9.10. The number of rotatable bonds is 5. The molecule has 0 spiro atoms. The summed E-state index contributed by atoms with van der Waals surface area (Å²) in [6.07, 6.45) is 0.789. The molecule has 0 aliphatic carbocycles. The highest BCUT2D eigenvalue weighted by atomic mass is 79.9. The van der Waals surface area contributed by atoms with Gasteiger partial charge in [-0.1, -0.05) is 35.3 Å². The Morgan fingerprint density at radius 3 is 2.70 bits per heavy atom. The predicted molar refractivity (Wildman–Crippen MR) is 81.4 cm³/mol. The van der Waals surface area contributed by atoms with Crippen molar-refractivity contribution >= 4 is 33.4 Å². The molecule has 0 aromatic heterocycles. The monoisotopic (exact) mass is 342 g/mol. The van der Waals surface area contributed by atoms with Gasteiger partial charge in [0.2, 0.25) is 0 Å². The molecule has 1 atom stereocenters. The fourth-order valence-corrected chi connectivity index (χ4v) is 2.00. The Labute approximate surface area is 126 Å². The molecule has 5 nitrogen and oxygen atoms in total. The molecular weight excluding hydrogens is 324 g/mol. The van der Waals surface area contributed by atoms with Crippen molar-refractivity contribution in [3.05, 3.63) is 28.2 Å². The molecule has 1 unspecified atom stereocenters. The van der Waals surface area contributed by atoms with Crippen molar-refractivity contribution in [3.8, 4) is 0 Å². The molecule has 0 radical (unpaired) electrons. The third kappa shape index (κ3) is 5.30. The Balaban J connectivity index is 2.53. The van der Waals surface area contributed by atoms with E-state index >= 15 is 0 Å². The van der Waals surface area contributed by atoms with E-state index in [0.29, 0.717) is 12.1 Å². The maximum Gasteiger partial charge on any atom is 0.313 e. The van der Waals surface area contributed by atoms with E-state index in [1.807, 2.05) is 26.0 Å². The number of aliphatic hydroxyl groups excluding tert-OH is 1. The van der Waals surface area contributed by atoms with Gasteiger partial charge in [-0.05, 0) is 31.0 Å². The van der Waals surface area contributed by atoms with Gasteiger partial charge in [-0.3, -0.25) is 9.59 Å². The third-order valence-corrected chi connectivity index (χ3v) is 3.27. The van der Waals surface area contributed by atoms with Crippen LogP contribution in [0.4, 0.5) is 5.69 Å². The Morgan fingerprint density at radius 1 is 1.35 bits per heavy atom. The molecular formula is C14H19BrN2O3. The summed E-state index contributed by atoms with van der Waals surface area (Å²) in [5.41, 5.74) is 1.44. The lowest BCUT2D eigenvalue weighted by atomic mass is 10.2. The van der Waals surface area contributed by atoms with Crippen LogP contribution in [-0.4, -0.2) is 29.6 Å². The van der Waals surface area contributed by atoms with Crippen molar-refractivity contribution in [1.82, 2.24) is 5.32 Å². The van der Waals surface area contributed by atoms with Gasteiger partial charge in [-0.15, -0.1) is 0 Å². The van der Waals surface area contributed by atoms with Crippen molar-refractivity contribution < 1.29 is 14.7 Å². The van der Waals surface area contributed by atoms with Gasteiger partial charge in [0.15, 0.2) is 0 Å². The number of halogens is 1. The van der Waals surface area contributed by atoms with Gasteiger partial charge < -0.3 is 15.7 Å². The Hall–Kier alpha value is -1.40. The zero-order valence-electron chi connectivity index (χ0n) is 11.6. The van der Waals surface area contributed by atoms with Crippen molar-refractivity contribution in [2.24, 2.45) is 0 Å². The quantitative estimate of drug-likeness (QED) is 0.716. The molecule has 0 saturated heterocycles. The lowest BCUT2D eigenvalue weighted by Crippen LogP contribution is -2.39. The normalized spacial score (nSPS) is 11.8. The molecule has 0 bridgehead atoms. The summed E-state index contributed by atoms with van der Waals surface area (Å²) < 4.78 is 0.817. The van der Waals surface area contributed by atoms with Crippen LogP contribution < -0.4 is 10.6 Å². The minimum atomic E-state index is -0.750. The zero-order chi connectivity index (χ0) is 15.1. The highest BCUT2D eigenvalue weighted by Gasteiger charge is 2.15. The maximum absolute atomic E-state index is 11.7. The van der Waals surface area contributed by atoms with Crippen molar-refractivity contribution in [1.29, 1.82) is 0 Å². The van der Waals surface area contributed by atoms with Crippen LogP contribution in [0.2, 0.25) is 0 Å². The summed E-state index contributed by atoms with van der Waals surface area (Å²) in [4.78, 5) is 23.3. The largest absolute Gasteiger partial charge is 0.391 e. The van der Waals surface area contributed by atoms with Crippen LogP contribution in [0, 0.1) is 6.92 Å². The molecule has 2 amide bonds. The van der Waals surface area contributed by atoms with Crippen LogP contribution in [0.25, 0.3) is 0 Å². The molecule has 0 aliphatic rings.